The minimum Gasteiger partial charge on any atom is -0.341 e. The fourth-order valence-electron chi connectivity index (χ4n) is 3.32. The molecule has 0 aliphatic carbocycles. The summed E-state index contributed by atoms with van der Waals surface area (Å²) >= 11 is 0. The molecule has 1 aliphatic rings. The van der Waals surface area contributed by atoms with Gasteiger partial charge in [-0.1, -0.05) is 12.8 Å². The van der Waals surface area contributed by atoms with Crippen LogP contribution in [0.25, 0.3) is 16.7 Å². The van der Waals surface area contributed by atoms with Crippen molar-refractivity contribution in [2.75, 3.05) is 18.0 Å². The number of rotatable bonds is 1. The largest absolute Gasteiger partial charge is 0.341 e. The van der Waals surface area contributed by atoms with E-state index >= 15 is 0 Å². The summed E-state index contributed by atoms with van der Waals surface area (Å²) in [7, 11) is 1.64. The summed E-state index contributed by atoms with van der Waals surface area (Å²) in [6.07, 6.45) is 4.68. The van der Waals surface area contributed by atoms with Crippen LogP contribution >= 0.6 is 0 Å². The zero-order valence-corrected chi connectivity index (χ0v) is 13.0. The Balaban J connectivity index is 2.03. The SMILES string of the molecule is Cn1c(=O)c2cc(F)ccc2n2c(N3CCCCCC3)nnc12. The first-order valence-corrected chi connectivity index (χ1v) is 7.95. The van der Waals surface area contributed by atoms with Crippen molar-refractivity contribution >= 4 is 22.6 Å². The molecule has 0 radical (unpaired) electrons. The van der Waals surface area contributed by atoms with Crippen molar-refractivity contribution < 1.29 is 4.39 Å². The number of aryl methyl sites for hydroxylation is 1. The molecule has 0 atom stereocenters. The lowest BCUT2D eigenvalue weighted by molar-refractivity contribution is 0.629. The molecule has 1 fully saturated rings. The van der Waals surface area contributed by atoms with Gasteiger partial charge in [0.1, 0.15) is 5.82 Å². The molecule has 0 amide bonds. The van der Waals surface area contributed by atoms with Crippen LogP contribution in [0.3, 0.4) is 0 Å². The van der Waals surface area contributed by atoms with Gasteiger partial charge in [0, 0.05) is 20.1 Å². The minimum absolute atomic E-state index is 0.262. The van der Waals surface area contributed by atoms with Crippen molar-refractivity contribution in [2.45, 2.75) is 25.7 Å². The van der Waals surface area contributed by atoms with E-state index in [9.17, 15) is 9.18 Å². The summed E-state index contributed by atoms with van der Waals surface area (Å²) in [6.45, 7) is 1.85. The fraction of sp³-hybridized carbons (Fsp3) is 0.438. The van der Waals surface area contributed by atoms with Gasteiger partial charge in [0.2, 0.25) is 11.7 Å². The van der Waals surface area contributed by atoms with Crippen molar-refractivity contribution in [3.8, 4) is 0 Å². The fourth-order valence-corrected chi connectivity index (χ4v) is 3.32. The smallest absolute Gasteiger partial charge is 0.262 e. The number of aromatic nitrogens is 4. The summed E-state index contributed by atoms with van der Waals surface area (Å²) in [4.78, 5) is 14.6. The Labute approximate surface area is 132 Å². The van der Waals surface area contributed by atoms with Gasteiger partial charge in [-0.25, -0.2) is 8.79 Å². The van der Waals surface area contributed by atoms with E-state index in [-0.39, 0.29) is 5.56 Å². The molecule has 1 aliphatic heterocycles. The van der Waals surface area contributed by atoms with Crippen molar-refractivity contribution in [1.82, 2.24) is 19.2 Å². The zero-order valence-electron chi connectivity index (χ0n) is 13.0. The predicted octanol–water partition coefficient (Wildman–Crippen LogP) is 2.10. The molecule has 3 heterocycles. The van der Waals surface area contributed by atoms with Gasteiger partial charge in [-0.15, -0.1) is 10.2 Å². The van der Waals surface area contributed by atoms with Crippen molar-refractivity contribution in [3.05, 3.63) is 34.4 Å². The van der Waals surface area contributed by atoms with Gasteiger partial charge in [0.15, 0.2) is 0 Å². The number of anilines is 1. The van der Waals surface area contributed by atoms with E-state index in [1.165, 1.54) is 29.5 Å². The Kier molecular flexibility index (Phi) is 3.28. The van der Waals surface area contributed by atoms with Crippen molar-refractivity contribution in [2.24, 2.45) is 7.05 Å². The van der Waals surface area contributed by atoms with Gasteiger partial charge in [-0.05, 0) is 31.0 Å². The maximum atomic E-state index is 13.6. The minimum atomic E-state index is -0.418. The zero-order chi connectivity index (χ0) is 16.0. The molecule has 0 saturated carbocycles. The molecule has 3 aromatic rings. The molecule has 0 bridgehead atoms. The van der Waals surface area contributed by atoms with Crippen LogP contribution < -0.4 is 10.5 Å². The highest BCUT2D eigenvalue weighted by Crippen LogP contribution is 2.22. The number of fused-ring (bicyclic) bond motifs is 3. The summed E-state index contributed by atoms with van der Waals surface area (Å²) in [5.74, 6) is 0.792. The van der Waals surface area contributed by atoms with Gasteiger partial charge in [0.25, 0.3) is 5.56 Å². The molecule has 120 valence electrons. The van der Waals surface area contributed by atoms with Crippen LogP contribution in [0.5, 0.6) is 0 Å². The molecule has 2 aromatic heterocycles. The summed E-state index contributed by atoms with van der Waals surface area (Å²) < 4.78 is 16.9. The third-order valence-corrected chi connectivity index (χ3v) is 4.55. The molecule has 6 nitrogen and oxygen atoms in total. The highest BCUT2D eigenvalue weighted by atomic mass is 19.1. The maximum absolute atomic E-state index is 13.6. The van der Waals surface area contributed by atoms with Gasteiger partial charge in [-0.3, -0.25) is 9.36 Å². The number of halogens is 1. The van der Waals surface area contributed by atoms with Gasteiger partial charge in [-0.2, -0.15) is 0 Å². The monoisotopic (exact) mass is 315 g/mol. The lowest BCUT2D eigenvalue weighted by Gasteiger charge is -2.20. The maximum Gasteiger partial charge on any atom is 0.262 e. The average Bonchev–Trinajstić information content (AvgIpc) is 2.81. The van der Waals surface area contributed by atoms with E-state index in [4.69, 9.17) is 0 Å². The highest BCUT2D eigenvalue weighted by molar-refractivity contribution is 5.81. The van der Waals surface area contributed by atoms with Gasteiger partial charge in [0.05, 0.1) is 10.9 Å². The first-order chi connectivity index (χ1) is 11.2. The van der Waals surface area contributed by atoms with Crippen LogP contribution in [0.1, 0.15) is 25.7 Å². The standard InChI is InChI=1S/C16H18FN5O/c1-20-14(23)12-10-11(17)6-7-13(12)22-15(20)18-19-16(22)21-8-4-2-3-5-9-21/h6-7,10H,2-5,8-9H2,1H3. The molecular weight excluding hydrogens is 297 g/mol. The molecule has 4 rings (SSSR count). The number of benzene rings is 1. The van der Waals surface area contributed by atoms with E-state index < -0.39 is 5.82 Å². The topological polar surface area (TPSA) is 55.4 Å². The molecule has 7 heteroatoms. The first kappa shape index (κ1) is 14.2. The highest BCUT2D eigenvalue weighted by Gasteiger charge is 2.20. The van der Waals surface area contributed by atoms with E-state index in [2.05, 4.69) is 15.1 Å². The van der Waals surface area contributed by atoms with E-state index in [1.807, 2.05) is 4.40 Å². The molecule has 0 unspecified atom stereocenters. The lowest BCUT2D eigenvalue weighted by Crippen LogP contribution is -2.27. The Morgan fingerprint density at radius 2 is 1.83 bits per heavy atom. The molecule has 1 saturated heterocycles. The number of hydrogen-bond donors (Lipinski definition) is 0. The third kappa shape index (κ3) is 2.18. The molecule has 0 N–H and O–H groups in total. The first-order valence-electron chi connectivity index (χ1n) is 7.95. The van der Waals surface area contributed by atoms with Crippen molar-refractivity contribution in [3.63, 3.8) is 0 Å². The molecular formula is C16H18FN5O. The Morgan fingerprint density at radius 3 is 2.57 bits per heavy atom. The van der Waals surface area contributed by atoms with E-state index in [1.54, 1.807) is 13.1 Å². The number of hydrogen-bond acceptors (Lipinski definition) is 4. The summed E-state index contributed by atoms with van der Waals surface area (Å²) in [6, 6.07) is 4.28. The summed E-state index contributed by atoms with van der Waals surface area (Å²) in [5.41, 5.74) is 0.385. The molecule has 0 spiro atoms. The van der Waals surface area contributed by atoms with Gasteiger partial charge >= 0.3 is 0 Å². The predicted molar refractivity (Wildman–Crippen MR) is 86.4 cm³/mol. The second-order valence-corrected chi connectivity index (χ2v) is 6.06. The Bertz CT molecular complexity index is 937. The van der Waals surface area contributed by atoms with Crippen LogP contribution in [0, 0.1) is 5.82 Å². The van der Waals surface area contributed by atoms with Crippen LogP contribution in [-0.2, 0) is 7.05 Å². The third-order valence-electron chi connectivity index (χ3n) is 4.55. The molecule has 1 aromatic carbocycles. The second-order valence-electron chi connectivity index (χ2n) is 6.06. The van der Waals surface area contributed by atoms with Crippen LogP contribution in [0.2, 0.25) is 0 Å². The summed E-state index contributed by atoms with van der Waals surface area (Å²) in [5, 5.41) is 8.86. The second kappa shape index (κ2) is 5.33. The normalized spacial score (nSPS) is 16.2. The average molecular weight is 315 g/mol. The Hall–Kier alpha value is -2.44. The van der Waals surface area contributed by atoms with E-state index in [0.29, 0.717) is 16.7 Å². The Morgan fingerprint density at radius 1 is 1.09 bits per heavy atom. The quantitative estimate of drug-likeness (QED) is 0.690. The van der Waals surface area contributed by atoms with Crippen molar-refractivity contribution in [1.29, 1.82) is 0 Å². The van der Waals surface area contributed by atoms with E-state index in [0.717, 1.165) is 31.9 Å². The molecule has 23 heavy (non-hydrogen) atoms. The van der Waals surface area contributed by atoms with Crippen LogP contribution in [-0.4, -0.2) is 32.3 Å². The number of nitrogens with zero attached hydrogens (tertiary/aromatic N) is 5. The van der Waals surface area contributed by atoms with Gasteiger partial charge < -0.3 is 4.90 Å². The van der Waals surface area contributed by atoms with Crippen LogP contribution in [0.4, 0.5) is 10.3 Å². The lowest BCUT2D eigenvalue weighted by atomic mass is 10.2. The van der Waals surface area contributed by atoms with Crippen LogP contribution in [0.15, 0.2) is 23.0 Å².